The summed E-state index contributed by atoms with van der Waals surface area (Å²) >= 11 is 0. The van der Waals surface area contributed by atoms with E-state index in [0.29, 0.717) is 6.61 Å². The van der Waals surface area contributed by atoms with Crippen LogP contribution in [0.2, 0.25) is 0 Å². The standard InChI is InChI=1S/C24H24N2O/c1-19-9-5-8-14-23(19)27-18-17-26-22-13-7-6-12-21(22)25-24(26)16-15-20-10-3-2-4-11-20/h2-14H,15-18H2,1H3. The minimum Gasteiger partial charge on any atom is -0.491 e. The van der Waals surface area contributed by atoms with Crippen LogP contribution in [0.4, 0.5) is 0 Å². The Balaban J connectivity index is 1.52. The first-order chi connectivity index (χ1) is 13.3. The summed E-state index contributed by atoms with van der Waals surface area (Å²) in [7, 11) is 0. The second-order valence-electron chi connectivity index (χ2n) is 6.77. The van der Waals surface area contributed by atoms with Gasteiger partial charge in [0.05, 0.1) is 17.6 Å². The number of imidazole rings is 1. The third-order valence-corrected chi connectivity index (χ3v) is 4.88. The number of nitrogens with zero attached hydrogens (tertiary/aromatic N) is 2. The summed E-state index contributed by atoms with van der Waals surface area (Å²) < 4.78 is 8.33. The number of aryl methyl sites for hydroxylation is 3. The fourth-order valence-corrected chi connectivity index (χ4v) is 3.43. The molecule has 3 aromatic carbocycles. The van der Waals surface area contributed by atoms with Crippen LogP contribution >= 0.6 is 0 Å². The summed E-state index contributed by atoms with van der Waals surface area (Å²) in [5.41, 5.74) is 4.73. The molecular formula is C24H24N2O. The van der Waals surface area contributed by atoms with Gasteiger partial charge in [-0.3, -0.25) is 0 Å². The van der Waals surface area contributed by atoms with E-state index >= 15 is 0 Å². The van der Waals surface area contributed by atoms with Crippen molar-refractivity contribution in [2.75, 3.05) is 6.61 Å². The Labute approximate surface area is 160 Å². The normalized spacial score (nSPS) is 11.0. The summed E-state index contributed by atoms with van der Waals surface area (Å²) in [4.78, 5) is 4.88. The Kier molecular flexibility index (Phi) is 5.20. The van der Waals surface area contributed by atoms with Crippen LogP contribution in [0.15, 0.2) is 78.9 Å². The van der Waals surface area contributed by atoms with E-state index in [1.807, 2.05) is 24.3 Å². The number of hydrogen-bond donors (Lipinski definition) is 0. The Morgan fingerprint density at radius 3 is 2.41 bits per heavy atom. The summed E-state index contributed by atoms with van der Waals surface area (Å²) in [5.74, 6) is 2.07. The summed E-state index contributed by atoms with van der Waals surface area (Å²) in [6.07, 6.45) is 1.91. The van der Waals surface area contributed by atoms with Crippen molar-refractivity contribution in [2.45, 2.75) is 26.3 Å². The molecule has 0 aliphatic rings. The minimum absolute atomic E-state index is 0.629. The van der Waals surface area contributed by atoms with Gasteiger partial charge in [0.15, 0.2) is 0 Å². The minimum atomic E-state index is 0.629. The molecule has 0 saturated heterocycles. The van der Waals surface area contributed by atoms with E-state index in [2.05, 4.69) is 66.1 Å². The first kappa shape index (κ1) is 17.3. The van der Waals surface area contributed by atoms with Gasteiger partial charge in [0.25, 0.3) is 0 Å². The molecule has 0 N–H and O–H groups in total. The van der Waals surface area contributed by atoms with Crippen molar-refractivity contribution >= 4 is 11.0 Å². The number of rotatable bonds is 7. The largest absolute Gasteiger partial charge is 0.491 e. The van der Waals surface area contributed by atoms with Gasteiger partial charge in [0.1, 0.15) is 18.2 Å². The van der Waals surface area contributed by atoms with Gasteiger partial charge in [0, 0.05) is 6.42 Å². The van der Waals surface area contributed by atoms with Gasteiger partial charge in [-0.1, -0.05) is 60.7 Å². The lowest BCUT2D eigenvalue weighted by molar-refractivity contribution is 0.296. The number of fused-ring (bicyclic) bond motifs is 1. The van der Waals surface area contributed by atoms with Crippen LogP contribution in [0.25, 0.3) is 11.0 Å². The molecule has 0 saturated carbocycles. The van der Waals surface area contributed by atoms with Gasteiger partial charge in [-0.25, -0.2) is 4.98 Å². The van der Waals surface area contributed by atoms with Crippen LogP contribution in [-0.4, -0.2) is 16.2 Å². The number of benzene rings is 3. The Morgan fingerprint density at radius 1 is 0.815 bits per heavy atom. The van der Waals surface area contributed by atoms with E-state index < -0.39 is 0 Å². The predicted molar refractivity (Wildman–Crippen MR) is 110 cm³/mol. The average molecular weight is 356 g/mol. The molecule has 0 spiro atoms. The van der Waals surface area contributed by atoms with Gasteiger partial charge < -0.3 is 9.30 Å². The van der Waals surface area contributed by atoms with Crippen LogP contribution in [0.1, 0.15) is 17.0 Å². The van der Waals surface area contributed by atoms with Crippen LogP contribution in [-0.2, 0) is 19.4 Å². The van der Waals surface area contributed by atoms with Crippen LogP contribution in [0.5, 0.6) is 5.75 Å². The maximum absolute atomic E-state index is 6.03. The highest BCUT2D eigenvalue weighted by Crippen LogP contribution is 2.19. The SMILES string of the molecule is Cc1ccccc1OCCn1c(CCc2ccccc2)nc2ccccc21. The van der Waals surface area contributed by atoms with E-state index in [-0.39, 0.29) is 0 Å². The maximum atomic E-state index is 6.03. The number of ether oxygens (including phenoxy) is 1. The molecule has 1 aromatic heterocycles. The van der Waals surface area contributed by atoms with Crippen molar-refractivity contribution in [3.63, 3.8) is 0 Å². The molecule has 0 unspecified atom stereocenters. The maximum Gasteiger partial charge on any atom is 0.122 e. The van der Waals surface area contributed by atoms with Gasteiger partial charge >= 0.3 is 0 Å². The highest BCUT2D eigenvalue weighted by atomic mass is 16.5. The van der Waals surface area contributed by atoms with Crippen LogP contribution in [0.3, 0.4) is 0 Å². The van der Waals surface area contributed by atoms with E-state index in [1.54, 1.807) is 0 Å². The third kappa shape index (κ3) is 4.03. The topological polar surface area (TPSA) is 27.1 Å². The van der Waals surface area contributed by atoms with Gasteiger partial charge in [0.2, 0.25) is 0 Å². The van der Waals surface area contributed by atoms with Crippen molar-refractivity contribution in [1.29, 1.82) is 0 Å². The second kappa shape index (κ2) is 8.09. The number of aromatic nitrogens is 2. The van der Waals surface area contributed by atoms with Gasteiger partial charge in [-0.2, -0.15) is 0 Å². The van der Waals surface area contributed by atoms with Crippen LogP contribution in [0, 0.1) is 6.92 Å². The highest BCUT2D eigenvalue weighted by molar-refractivity contribution is 5.75. The molecule has 1 heterocycles. The van der Waals surface area contributed by atoms with E-state index in [4.69, 9.17) is 9.72 Å². The van der Waals surface area contributed by atoms with Crippen molar-refractivity contribution in [3.8, 4) is 5.75 Å². The van der Waals surface area contributed by atoms with Gasteiger partial charge in [-0.05, 0) is 42.7 Å². The smallest absolute Gasteiger partial charge is 0.122 e. The van der Waals surface area contributed by atoms with Crippen molar-refractivity contribution in [1.82, 2.24) is 9.55 Å². The molecule has 3 nitrogen and oxygen atoms in total. The van der Waals surface area contributed by atoms with Gasteiger partial charge in [-0.15, -0.1) is 0 Å². The van der Waals surface area contributed by atoms with E-state index in [0.717, 1.165) is 42.0 Å². The third-order valence-electron chi connectivity index (χ3n) is 4.88. The molecule has 0 bridgehead atoms. The van der Waals surface area contributed by atoms with E-state index in [1.165, 1.54) is 11.1 Å². The summed E-state index contributed by atoms with van der Waals surface area (Å²) in [5, 5.41) is 0. The zero-order valence-corrected chi connectivity index (χ0v) is 15.6. The molecule has 0 amide bonds. The van der Waals surface area contributed by atoms with Crippen molar-refractivity contribution < 1.29 is 4.74 Å². The fraction of sp³-hybridized carbons (Fsp3) is 0.208. The molecule has 0 atom stereocenters. The lowest BCUT2D eigenvalue weighted by Gasteiger charge is -2.12. The summed E-state index contributed by atoms with van der Waals surface area (Å²) in [6, 6.07) is 27.1. The molecule has 27 heavy (non-hydrogen) atoms. The molecule has 0 aliphatic carbocycles. The summed E-state index contributed by atoms with van der Waals surface area (Å²) in [6.45, 7) is 3.50. The first-order valence-electron chi connectivity index (χ1n) is 9.48. The predicted octanol–water partition coefficient (Wildman–Crippen LogP) is 5.21. The zero-order valence-electron chi connectivity index (χ0n) is 15.6. The zero-order chi connectivity index (χ0) is 18.5. The van der Waals surface area contributed by atoms with Crippen molar-refractivity contribution in [2.24, 2.45) is 0 Å². The quantitative estimate of drug-likeness (QED) is 0.454. The van der Waals surface area contributed by atoms with E-state index in [9.17, 15) is 0 Å². The monoisotopic (exact) mass is 356 g/mol. The Hall–Kier alpha value is -3.07. The average Bonchev–Trinajstić information content (AvgIpc) is 3.06. The molecule has 0 aliphatic heterocycles. The molecule has 4 rings (SSSR count). The molecule has 4 aromatic rings. The fourth-order valence-electron chi connectivity index (χ4n) is 3.43. The highest BCUT2D eigenvalue weighted by Gasteiger charge is 2.11. The molecule has 136 valence electrons. The second-order valence-corrected chi connectivity index (χ2v) is 6.77. The number of para-hydroxylation sites is 3. The first-order valence-corrected chi connectivity index (χ1v) is 9.48. The Bertz CT molecular complexity index is 1020. The van der Waals surface area contributed by atoms with Crippen LogP contribution < -0.4 is 4.74 Å². The lowest BCUT2D eigenvalue weighted by Crippen LogP contribution is -2.12. The Morgan fingerprint density at radius 2 is 1.56 bits per heavy atom. The van der Waals surface area contributed by atoms with Crippen molar-refractivity contribution in [3.05, 3.63) is 95.8 Å². The molecule has 0 radical (unpaired) electrons. The molecule has 3 heteroatoms. The molecular weight excluding hydrogens is 332 g/mol. The molecule has 0 fully saturated rings. The number of hydrogen-bond acceptors (Lipinski definition) is 2. The lowest BCUT2D eigenvalue weighted by atomic mass is 10.1.